The van der Waals surface area contributed by atoms with E-state index in [4.69, 9.17) is 0 Å². The first-order valence-electron chi connectivity index (χ1n) is 6.69. The lowest BCUT2D eigenvalue weighted by Gasteiger charge is -2.31. The summed E-state index contributed by atoms with van der Waals surface area (Å²) in [6.45, 7) is 13.2. The van der Waals surface area contributed by atoms with E-state index < -0.39 is 0 Å². The molecule has 1 rings (SSSR count). The summed E-state index contributed by atoms with van der Waals surface area (Å²) in [4.78, 5) is 2.56. The van der Waals surface area contributed by atoms with Crippen LogP contribution < -0.4 is 5.32 Å². The fourth-order valence-corrected chi connectivity index (χ4v) is 2.18. The molecule has 1 N–H and O–H groups in total. The van der Waals surface area contributed by atoms with Crippen LogP contribution in [0.1, 0.15) is 40.0 Å². The number of piperidine rings is 1. The quantitative estimate of drug-likeness (QED) is 0.727. The van der Waals surface area contributed by atoms with Gasteiger partial charge in [-0.1, -0.05) is 27.2 Å². The summed E-state index contributed by atoms with van der Waals surface area (Å²) in [5.74, 6) is 1.76. The topological polar surface area (TPSA) is 15.3 Å². The van der Waals surface area contributed by atoms with Crippen molar-refractivity contribution in [3.8, 4) is 0 Å². The Bertz CT molecular complexity index is 151. The highest BCUT2D eigenvalue weighted by Gasteiger charge is 2.17. The van der Waals surface area contributed by atoms with Crippen molar-refractivity contribution in [3.05, 3.63) is 0 Å². The lowest BCUT2D eigenvalue weighted by molar-refractivity contribution is 0.189. The van der Waals surface area contributed by atoms with Gasteiger partial charge in [0.25, 0.3) is 0 Å². The largest absolute Gasteiger partial charge is 0.316 e. The van der Waals surface area contributed by atoms with Crippen LogP contribution in [0.3, 0.4) is 0 Å². The van der Waals surface area contributed by atoms with Crippen LogP contribution in [0.25, 0.3) is 0 Å². The molecule has 0 spiro atoms. The zero-order chi connectivity index (χ0) is 11.1. The van der Waals surface area contributed by atoms with Gasteiger partial charge in [-0.15, -0.1) is 0 Å². The van der Waals surface area contributed by atoms with Crippen molar-refractivity contribution in [2.45, 2.75) is 40.0 Å². The molecule has 0 aliphatic carbocycles. The van der Waals surface area contributed by atoms with Gasteiger partial charge in [-0.3, -0.25) is 0 Å². The minimum atomic E-state index is 0.834. The summed E-state index contributed by atoms with van der Waals surface area (Å²) in [5, 5.41) is 3.62. The third-order valence-electron chi connectivity index (χ3n) is 3.78. The first-order chi connectivity index (χ1) is 7.26. The smallest absolute Gasteiger partial charge is 0.00157 e. The molecule has 2 heteroatoms. The SMILES string of the molecule is CCC(C)CNCC1CCN(CC)CC1. The van der Waals surface area contributed by atoms with E-state index in [1.807, 2.05) is 0 Å². The summed E-state index contributed by atoms with van der Waals surface area (Å²) < 4.78 is 0. The van der Waals surface area contributed by atoms with Gasteiger partial charge in [0.2, 0.25) is 0 Å². The Morgan fingerprint density at radius 2 is 1.93 bits per heavy atom. The minimum absolute atomic E-state index is 0.834. The molecule has 2 nitrogen and oxygen atoms in total. The van der Waals surface area contributed by atoms with Crippen molar-refractivity contribution >= 4 is 0 Å². The number of hydrogen-bond acceptors (Lipinski definition) is 2. The first-order valence-corrected chi connectivity index (χ1v) is 6.69. The number of hydrogen-bond donors (Lipinski definition) is 1. The number of nitrogens with zero attached hydrogens (tertiary/aromatic N) is 1. The second kappa shape index (κ2) is 7.24. The van der Waals surface area contributed by atoms with Crippen LogP contribution in [0, 0.1) is 11.8 Å². The predicted octanol–water partition coefficient (Wildman–Crippen LogP) is 2.35. The molecule has 1 unspecified atom stereocenters. The van der Waals surface area contributed by atoms with Gasteiger partial charge in [0.1, 0.15) is 0 Å². The van der Waals surface area contributed by atoms with Crippen molar-refractivity contribution in [2.24, 2.45) is 11.8 Å². The lowest BCUT2D eigenvalue weighted by Crippen LogP contribution is -2.37. The van der Waals surface area contributed by atoms with Crippen molar-refractivity contribution in [3.63, 3.8) is 0 Å². The van der Waals surface area contributed by atoms with Gasteiger partial charge in [-0.25, -0.2) is 0 Å². The van der Waals surface area contributed by atoms with E-state index in [9.17, 15) is 0 Å². The Kier molecular flexibility index (Phi) is 6.26. The van der Waals surface area contributed by atoms with Crippen LogP contribution in [0.15, 0.2) is 0 Å². The molecule has 1 heterocycles. The van der Waals surface area contributed by atoms with E-state index in [0.717, 1.165) is 11.8 Å². The molecule has 0 bridgehead atoms. The standard InChI is InChI=1S/C13H28N2/c1-4-12(3)10-14-11-13-6-8-15(5-2)9-7-13/h12-14H,4-11H2,1-3H3. The van der Waals surface area contributed by atoms with E-state index in [2.05, 4.69) is 31.0 Å². The predicted molar refractivity (Wildman–Crippen MR) is 67.2 cm³/mol. The Labute approximate surface area is 95.4 Å². The molecular formula is C13H28N2. The molecule has 0 aromatic rings. The van der Waals surface area contributed by atoms with Crippen LogP contribution in [-0.4, -0.2) is 37.6 Å². The molecule has 15 heavy (non-hydrogen) atoms. The summed E-state index contributed by atoms with van der Waals surface area (Å²) in [6.07, 6.45) is 4.07. The van der Waals surface area contributed by atoms with E-state index in [-0.39, 0.29) is 0 Å². The fraction of sp³-hybridized carbons (Fsp3) is 1.00. The zero-order valence-electron chi connectivity index (χ0n) is 10.8. The first kappa shape index (κ1) is 13.0. The second-order valence-corrected chi connectivity index (χ2v) is 5.05. The van der Waals surface area contributed by atoms with Crippen LogP contribution in [0.2, 0.25) is 0 Å². The maximum Gasteiger partial charge on any atom is -0.00157 e. The van der Waals surface area contributed by atoms with Gasteiger partial charge in [-0.2, -0.15) is 0 Å². The molecule has 0 aromatic heterocycles. The molecule has 1 saturated heterocycles. The third kappa shape index (κ3) is 4.98. The Balaban J connectivity index is 2.03. The van der Waals surface area contributed by atoms with E-state index in [0.29, 0.717) is 0 Å². The van der Waals surface area contributed by atoms with Crippen LogP contribution in [-0.2, 0) is 0 Å². The lowest BCUT2D eigenvalue weighted by atomic mass is 9.96. The van der Waals surface area contributed by atoms with Gasteiger partial charge in [0.15, 0.2) is 0 Å². The van der Waals surface area contributed by atoms with E-state index in [1.165, 1.54) is 52.0 Å². The molecule has 0 amide bonds. The van der Waals surface area contributed by atoms with E-state index in [1.54, 1.807) is 0 Å². The molecule has 1 aliphatic heterocycles. The average Bonchev–Trinajstić information content (AvgIpc) is 2.29. The molecule has 1 atom stereocenters. The average molecular weight is 212 g/mol. The van der Waals surface area contributed by atoms with E-state index >= 15 is 0 Å². The molecule has 1 aliphatic rings. The second-order valence-electron chi connectivity index (χ2n) is 5.05. The van der Waals surface area contributed by atoms with Crippen molar-refractivity contribution < 1.29 is 0 Å². The summed E-state index contributed by atoms with van der Waals surface area (Å²) in [5.41, 5.74) is 0. The maximum atomic E-state index is 3.62. The van der Waals surface area contributed by atoms with Gasteiger partial charge >= 0.3 is 0 Å². The van der Waals surface area contributed by atoms with Gasteiger partial charge in [-0.05, 0) is 57.4 Å². The molecule has 1 fully saturated rings. The monoisotopic (exact) mass is 212 g/mol. The Hall–Kier alpha value is -0.0800. The highest BCUT2D eigenvalue weighted by Crippen LogP contribution is 2.15. The normalized spacial score (nSPS) is 21.8. The number of likely N-dealkylation sites (tertiary alicyclic amines) is 1. The van der Waals surface area contributed by atoms with Crippen LogP contribution >= 0.6 is 0 Å². The Morgan fingerprint density at radius 3 is 2.47 bits per heavy atom. The molecule has 0 saturated carbocycles. The highest BCUT2D eigenvalue weighted by molar-refractivity contribution is 4.73. The molecule has 0 aromatic carbocycles. The molecular weight excluding hydrogens is 184 g/mol. The van der Waals surface area contributed by atoms with Gasteiger partial charge in [0, 0.05) is 0 Å². The van der Waals surface area contributed by atoms with Crippen molar-refractivity contribution in [1.29, 1.82) is 0 Å². The van der Waals surface area contributed by atoms with Crippen LogP contribution in [0.4, 0.5) is 0 Å². The molecule has 0 radical (unpaired) electrons. The van der Waals surface area contributed by atoms with Crippen LogP contribution in [0.5, 0.6) is 0 Å². The van der Waals surface area contributed by atoms with Gasteiger partial charge < -0.3 is 10.2 Å². The third-order valence-corrected chi connectivity index (χ3v) is 3.78. The summed E-state index contributed by atoms with van der Waals surface area (Å²) >= 11 is 0. The molecule has 90 valence electrons. The Morgan fingerprint density at radius 1 is 1.27 bits per heavy atom. The summed E-state index contributed by atoms with van der Waals surface area (Å²) in [6, 6.07) is 0. The van der Waals surface area contributed by atoms with Crippen molar-refractivity contribution in [2.75, 3.05) is 32.7 Å². The van der Waals surface area contributed by atoms with Crippen molar-refractivity contribution in [1.82, 2.24) is 10.2 Å². The minimum Gasteiger partial charge on any atom is -0.316 e. The maximum absolute atomic E-state index is 3.62. The summed E-state index contributed by atoms with van der Waals surface area (Å²) in [7, 11) is 0. The number of nitrogens with one attached hydrogen (secondary N) is 1. The zero-order valence-corrected chi connectivity index (χ0v) is 10.8. The fourth-order valence-electron chi connectivity index (χ4n) is 2.18. The van der Waals surface area contributed by atoms with Gasteiger partial charge in [0.05, 0.1) is 0 Å². The number of rotatable bonds is 6. The highest BCUT2D eigenvalue weighted by atomic mass is 15.1.